The van der Waals surface area contributed by atoms with Crippen LogP contribution in [0, 0.1) is 0 Å². The number of carbonyl (C=O) groups is 2. The first-order valence-corrected chi connectivity index (χ1v) is 11.7. The summed E-state index contributed by atoms with van der Waals surface area (Å²) in [6, 6.07) is 15.0. The average Bonchev–Trinajstić information content (AvgIpc) is 3.62. The number of fused-ring (bicyclic) bond motifs is 1. The lowest BCUT2D eigenvalue weighted by Gasteiger charge is -2.23. The molecule has 0 bridgehead atoms. The maximum atomic E-state index is 13.2. The van der Waals surface area contributed by atoms with Gasteiger partial charge in [0.1, 0.15) is 29.1 Å². The molecule has 1 aliphatic rings. The van der Waals surface area contributed by atoms with Gasteiger partial charge in [-0.25, -0.2) is 0 Å². The van der Waals surface area contributed by atoms with Crippen LogP contribution >= 0.6 is 0 Å². The van der Waals surface area contributed by atoms with E-state index in [1.54, 1.807) is 43.5 Å². The Labute approximate surface area is 207 Å². The lowest BCUT2D eigenvalue weighted by atomic mass is 9.99. The molecule has 2 aromatic heterocycles. The fraction of sp³-hybridized carbons (Fsp3) is 0.214. The summed E-state index contributed by atoms with van der Waals surface area (Å²) in [7, 11) is 1.61. The fourth-order valence-corrected chi connectivity index (χ4v) is 4.62. The van der Waals surface area contributed by atoms with E-state index >= 15 is 0 Å². The van der Waals surface area contributed by atoms with Gasteiger partial charge >= 0.3 is 0 Å². The Kier molecular flexibility index (Phi) is 6.25. The normalized spacial score (nSPS) is 17.2. The second-order valence-electron chi connectivity index (χ2n) is 8.44. The first kappa shape index (κ1) is 23.3. The molecule has 1 amide bonds. The molecule has 1 fully saturated rings. The predicted molar refractivity (Wildman–Crippen MR) is 134 cm³/mol. The van der Waals surface area contributed by atoms with Crippen LogP contribution in [0.2, 0.25) is 0 Å². The number of likely N-dealkylation sites (tertiary alicyclic amines) is 1. The van der Waals surface area contributed by atoms with Gasteiger partial charge in [-0.05, 0) is 73.5 Å². The van der Waals surface area contributed by atoms with Gasteiger partial charge in [-0.15, -0.1) is 0 Å². The molecule has 2 N–H and O–H groups in total. The number of aliphatic hydroxyl groups excluding tert-OH is 1. The lowest BCUT2D eigenvalue weighted by Crippen LogP contribution is -2.31. The number of H-pyrrole nitrogens is 1. The lowest BCUT2D eigenvalue weighted by molar-refractivity contribution is -0.140. The molecule has 0 radical (unpaired) electrons. The van der Waals surface area contributed by atoms with Gasteiger partial charge in [0, 0.05) is 29.2 Å². The van der Waals surface area contributed by atoms with Gasteiger partial charge in [0.05, 0.1) is 25.6 Å². The van der Waals surface area contributed by atoms with Crippen LogP contribution in [0.4, 0.5) is 0 Å². The molecule has 5 rings (SSSR count). The number of nitrogens with zero attached hydrogens (tertiary/aromatic N) is 1. The van der Waals surface area contributed by atoms with Crippen molar-refractivity contribution in [2.75, 3.05) is 20.3 Å². The highest BCUT2D eigenvalue weighted by atomic mass is 16.5. The third-order valence-corrected chi connectivity index (χ3v) is 6.39. The SMILES string of the molecule is CCOc1ccc(C(O)=C2C(=O)C(=O)N(CCc3c[nH]c4ccc(OC)cc34)[C@@H]2c2ccco2)cc1. The molecule has 8 heteroatoms. The molecule has 0 unspecified atom stereocenters. The second-order valence-corrected chi connectivity index (χ2v) is 8.44. The molecule has 4 aromatic rings. The molecule has 1 saturated heterocycles. The molecule has 0 saturated carbocycles. The van der Waals surface area contributed by atoms with Crippen molar-refractivity contribution in [2.45, 2.75) is 19.4 Å². The van der Waals surface area contributed by atoms with Gasteiger partial charge in [-0.2, -0.15) is 0 Å². The molecule has 1 aliphatic heterocycles. The Morgan fingerprint density at radius 1 is 1.11 bits per heavy atom. The third kappa shape index (κ3) is 4.11. The number of aliphatic hydroxyl groups is 1. The number of carbonyl (C=O) groups excluding carboxylic acids is 2. The van der Waals surface area contributed by atoms with Crippen molar-refractivity contribution < 1.29 is 28.6 Å². The van der Waals surface area contributed by atoms with Crippen molar-refractivity contribution in [3.8, 4) is 11.5 Å². The minimum absolute atomic E-state index is 0.000272. The van der Waals surface area contributed by atoms with Crippen LogP contribution in [0.3, 0.4) is 0 Å². The van der Waals surface area contributed by atoms with Gasteiger partial charge in [-0.1, -0.05) is 0 Å². The number of aromatic amines is 1. The summed E-state index contributed by atoms with van der Waals surface area (Å²) >= 11 is 0. The van der Waals surface area contributed by atoms with E-state index in [9.17, 15) is 14.7 Å². The Morgan fingerprint density at radius 3 is 2.58 bits per heavy atom. The van der Waals surface area contributed by atoms with Crippen molar-refractivity contribution >= 4 is 28.4 Å². The zero-order valence-corrected chi connectivity index (χ0v) is 20.0. The monoisotopic (exact) mass is 486 g/mol. The van der Waals surface area contributed by atoms with Crippen molar-refractivity contribution in [1.82, 2.24) is 9.88 Å². The van der Waals surface area contributed by atoms with Crippen molar-refractivity contribution in [3.63, 3.8) is 0 Å². The van der Waals surface area contributed by atoms with E-state index in [-0.39, 0.29) is 17.9 Å². The topological polar surface area (TPSA) is 105 Å². The number of methoxy groups -OCH3 is 1. The second kappa shape index (κ2) is 9.65. The first-order chi connectivity index (χ1) is 17.5. The van der Waals surface area contributed by atoms with E-state index in [2.05, 4.69) is 4.98 Å². The minimum atomic E-state index is -0.841. The number of hydrogen-bond acceptors (Lipinski definition) is 6. The van der Waals surface area contributed by atoms with Gasteiger partial charge in [0.2, 0.25) is 0 Å². The molecule has 8 nitrogen and oxygen atoms in total. The molecular weight excluding hydrogens is 460 g/mol. The summed E-state index contributed by atoms with van der Waals surface area (Å²) in [5, 5.41) is 12.1. The predicted octanol–water partition coefficient (Wildman–Crippen LogP) is 4.83. The maximum absolute atomic E-state index is 13.2. The van der Waals surface area contributed by atoms with Crippen molar-refractivity contribution in [3.05, 3.63) is 89.5 Å². The molecule has 0 aliphatic carbocycles. The van der Waals surface area contributed by atoms with E-state index in [0.717, 1.165) is 22.2 Å². The number of ketones is 1. The highest BCUT2D eigenvalue weighted by Crippen LogP contribution is 2.40. The van der Waals surface area contributed by atoms with Gasteiger partial charge in [0.15, 0.2) is 0 Å². The number of amides is 1. The molecule has 2 aromatic carbocycles. The Hall–Kier alpha value is -4.46. The maximum Gasteiger partial charge on any atom is 0.295 e. The largest absolute Gasteiger partial charge is 0.507 e. The Bertz CT molecular complexity index is 1430. The summed E-state index contributed by atoms with van der Waals surface area (Å²) in [4.78, 5) is 31.0. The minimum Gasteiger partial charge on any atom is -0.507 e. The number of benzene rings is 2. The molecule has 0 spiro atoms. The summed E-state index contributed by atoms with van der Waals surface area (Å²) in [6.07, 6.45) is 3.86. The first-order valence-electron chi connectivity index (χ1n) is 11.7. The van der Waals surface area contributed by atoms with Crippen molar-refractivity contribution in [1.29, 1.82) is 0 Å². The van der Waals surface area contributed by atoms with Crippen LogP contribution < -0.4 is 9.47 Å². The highest BCUT2D eigenvalue weighted by molar-refractivity contribution is 6.46. The fourth-order valence-electron chi connectivity index (χ4n) is 4.62. The number of rotatable bonds is 8. The van der Waals surface area contributed by atoms with Crippen LogP contribution in [-0.4, -0.2) is 46.9 Å². The van der Waals surface area contributed by atoms with E-state index in [1.807, 2.05) is 31.3 Å². The molecule has 184 valence electrons. The molecule has 36 heavy (non-hydrogen) atoms. The number of Topliss-reactive ketones (excluding diaryl/α,β-unsaturated/α-hetero) is 1. The van der Waals surface area contributed by atoms with E-state index in [4.69, 9.17) is 13.9 Å². The number of aromatic nitrogens is 1. The van der Waals surface area contributed by atoms with Gasteiger partial charge in [-0.3, -0.25) is 9.59 Å². The van der Waals surface area contributed by atoms with E-state index in [1.165, 1.54) is 11.2 Å². The van der Waals surface area contributed by atoms with E-state index in [0.29, 0.717) is 30.1 Å². The Balaban J connectivity index is 1.49. The number of ether oxygens (including phenoxy) is 2. The van der Waals surface area contributed by atoms with Crippen LogP contribution in [-0.2, 0) is 16.0 Å². The number of hydrogen-bond donors (Lipinski definition) is 2. The van der Waals surface area contributed by atoms with Crippen molar-refractivity contribution in [2.24, 2.45) is 0 Å². The summed E-state index contributed by atoms with van der Waals surface area (Å²) in [6.45, 7) is 2.64. The summed E-state index contributed by atoms with van der Waals surface area (Å²) < 4.78 is 16.4. The highest BCUT2D eigenvalue weighted by Gasteiger charge is 2.47. The third-order valence-electron chi connectivity index (χ3n) is 6.39. The van der Waals surface area contributed by atoms with Crippen LogP contribution in [0.25, 0.3) is 16.7 Å². The smallest absolute Gasteiger partial charge is 0.295 e. The molecular formula is C28H26N2O6. The van der Waals surface area contributed by atoms with Gasteiger partial charge < -0.3 is 28.9 Å². The average molecular weight is 487 g/mol. The summed E-state index contributed by atoms with van der Waals surface area (Å²) in [5.74, 6) is 0.103. The molecule has 3 heterocycles. The Morgan fingerprint density at radius 2 is 1.89 bits per heavy atom. The van der Waals surface area contributed by atoms with Crippen LogP contribution in [0.1, 0.15) is 29.9 Å². The quantitative estimate of drug-likeness (QED) is 0.210. The zero-order valence-electron chi connectivity index (χ0n) is 20.0. The van der Waals surface area contributed by atoms with Gasteiger partial charge in [0.25, 0.3) is 11.7 Å². The van der Waals surface area contributed by atoms with Crippen LogP contribution in [0.5, 0.6) is 11.5 Å². The standard InChI is InChI=1S/C28H26N2O6/c1-3-35-19-8-6-17(7-9-19)26(31)24-25(23-5-4-14-36-23)30(28(33)27(24)32)13-12-18-16-29-22-11-10-20(34-2)15-21(18)22/h4-11,14-16,25,29,31H,3,12-13H2,1-2H3/t25-/m1/s1. The summed E-state index contributed by atoms with van der Waals surface area (Å²) in [5.41, 5.74) is 2.35. The van der Waals surface area contributed by atoms with Crippen LogP contribution in [0.15, 0.2) is 77.0 Å². The molecule has 1 atom stereocenters. The number of nitrogens with one attached hydrogen (secondary N) is 1. The zero-order chi connectivity index (χ0) is 25.2. The van der Waals surface area contributed by atoms with E-state index < -0.39 is 17.7 Å². The number of furan rings is 1.